The van der Waals surface area contributed by atoms with Gasteiger partial charge in [0.05, 0.1) is 0 Å². The summed E-state index contributed by atoms with van der Waals surface area (Å²) in [4.78, 5) is 12.8. The van der Waals surface area contributed by atoms with Gasteiger partial charge in [-0.2, -0.15) is 5.57 Å². The summed E-state index contributed by atoms with van der Waals surface area (Å²) in [7, 11) is 1.98. The molecule has 2 aliphatic heterocycles. The van der Waals surface area contributed by atoms with Crippen molar-refractivity contribution in [2.75, 3.05) is 7.05 Å². The summed E-state index contributed by atoms with van der Waals surface area (Å²) in [5, 5.41) is 10.7. The van der Waals surface area contributed by atoms with E-state index >= 15 is 0 Å². The fourth-order valence-electron chi connectivity index (χ4n) is 2.16. The van der Waals surface area contributed by atoms with Crippen LogP contribution in [0.2, 0.25) is 0 Å². The minimum atomic E-state index is -1.05. The zero-order valence-electron chi connectivity index (χ0n) is 9.40. The molecule has 0 saturated carbocycles. The van der Waals surface area contributed by atoms with Gasteiger partial charge in [0, 0.05) is 76.8 Å². The number of likely N-dealkylation sites (N-methyl/N-ethyl adjacent to an activating group) is 1. The molecule has 2 unspecified atom stereocenters. The second-order valence-electron chi connectivity index (χ2n) is 3.49. The third-order valence-electron chi connectivity index (χ3n) is 2.92. The van der Waals surface area contributed by atoms with Crippen LogP contribution in [0, 0.1) is 37.2 Å². The Balaban J connectivity index is -0.000000422. The van der Waals surface area contributed by atoms with Crippen LogP contribution in [0.4, 0.5) is 0 Å². The number of fused-ring (bicyclic) bond motifs is 2. The molecule has 1 fully saturated rings. The second-order valence-corrected chi connectivity index (χ2v) is 3.49. The summed E-state index contributed by atoms with van der Waals surface area (Å²) >= 11 is 0. The average Bonchev–Trinajstić information content (AvgIpc) is 2.32. The number of nitrogens with zero attached hydrogens (tertiary/aromatic N) is 1. The third-order valence-corrected chi connectivity index (χ3v) is 2.92. The molecule has 0 N–H and O–H groups in total. The van der Waals surface area contributed by atoms with Crippen LogP contribution in [0.1, 0.15) is 19.3 Å². The smallest absolute Gasteiger partial charge is 0.658 e. The molecule has 3 nitrogen and oxygen atoms in total. The molecule has 0 spiro atoms. The molecule has 81 valence electrons. The van der Waals surface area contributed by atoms with Gasteiger partial charge in [-0.05, 0) is 25.9 Å². The molecular formula is C9H11NO2RbUVW-. The van der Waals surface area contributed by atoms with E-state index in [1.807, 2.05) is 7.05 Å². The van der Waals surface area contributed by atoms with Gasteiger partial charge in [0.2, 0.25) is 0 Å². The number of carboxylic acids is 1. The number of hydrogen-bond acceptors (Lipinski definition) is 3. The van der Waals surface area contributed by atoms with Gasteiger partial charge in [0.1, 0.15) is 0 Å². The van der Waals surface area contributed by atoms with E-state index in [1.165, 1.54) is 0 Å². The molecule has 0 aromatic carbocycles. The monoisotopic (exact) mass is 723 g/mol. The van der Waals surface area contributed by atoms with E-state index in [4.69, 9.17) is 0 Å². The Labute approximate surface area is 195 Å². The van der Waals surface area contributed by atoms with E-state index in [-0.39, 0.29) is 135 Å². The molecular weight excluding hydrogens is 712 g/mol. The summed E-state index contributed by atoms with van der Waals surface area (Å²) in [6.07, 6.45) is 5.70. The van der Waals surface area contributed by atoms with E-state index in [0.717, 1.165) is 19.3 Å². The second kappa shape index (κ2) is 11.0. The summed E-state index contributed by atoms with van der Waals surface area (Å²) in [5.74, 6) is -1.05. The first kappa shape index (κ1) is 24.3. The fourth-order valence-corrected chi connectivity index (χ4v) is 2.16. The topological polar surface area (TPSA) is 43.4 Å². The average molecular weight is 723 g/mol. The number of rotatable bonds is 1. The first-order chi connectivity index (χ1) is 5.70. The maximum Gasteiger partial charge on any atom is 1.00 e. The largest absolute Gasteiger partial charge is 1.00 e. The van der Waals surface area contributed by atoms with Crippen LogP contribution in [-0.4, -0.2) is 30.0 Å². The Bertz CT molecular complexity index is 268. The van der Waals surface area contributed by atoms with Gasteiger partial charge < -0.3 is 14.8 Å². The molecule has 1 saturated heterocycles. The Morgan fingerprint density at radius 2 is 2.06 bits per heavy atom. The summed E-state index contributed by atoms with van der Waals surface area (Å²) in [6, 6.07) is 0.576. The Morgan fingerprint density at radius 3 is 2.56 bits per heavy atom. The van der Waals surface area contributed by atoms with Crippen molar-refractivity contribution in [2.45, 2.75) is 31.3 Å². The van der Waals surface area contributed by atoms with Crippen molar-refractivity contribution in [3.63, 3.8) is 0 Å². The molecule has 0 aromatic heterocycles. The normalized spacial score (nSPS) is 26.2. The van der Waals surface area contributed by atoms with Crippen molar-refractivity contribution in [1.29, 1.82) is 0 Å². The molecule has 2 bridgehead atoms. The van der Waals surface area contributed by atoms with E-state index in [0.29, 0.717) is 11.6 Å². The van der Waals surface area contributed by atoms with Crippen molar-refractivity contribution in [1.82, 2.24) is 4.90 Å². The fraction of sp³-hybridized carbons (Fsp3) is 0.667. The van der Waals surface area contributed by atoms with Gasteiger partial charge in [-0.25, -0.2) is 0 Å². The molecule has 2 aliphatic rings. The van der Waals surface area contributed by atoms with E-state index < -0.39 is 5.97 Å². The number of carboxylic acid groups (broad SMARTS) is 1. The molecule has 16 heavy (non-hydrogen) atoms. The van der Waals surface area contributed by atoms with Gasteiger partial charge in [0.25, 0.3) is 0 Å². The predicted octanol–water partition coefficient (Wildman–Crippen LogP) is -3.67. The Hall–Kier alpha value is 3.30. The maximum absolute atomic E-state index is 10.7. The minimum absolute atomic E-state index is 0. The van der Waals surface area contributed by atoms with Crippen LogP contribution in [-0.2, 0) is 44.4 Å². The predicted molar refractivity (Wildman–Crippen MR) is 41.0 cm³/mol. The van der Waals surface area contributed by atoms with E-state index in [9.17, 15) is 9.90 Å². The van der Waals surface area contributed by atoms with Gasteiger partial charge in [-0.3, -0.25) is 6.08 Å². The van der Waals surface area contributed by atoms with Crippen LogP contribution in [0.25, 0.3) is 0 Å². The minimum Gasteiger partial charge on any atom is -0.658 e. The van der Waals surface area contributed by atoms with Crippen molar-refractivity contribution in [3.05, 3.63) is 11.6 Å². The summed E-state index contributed by atoms with van der Waals surface area (Å²) in [5.41, 5.74) is 0.367. The van der Waals surface area contributed by atoms with Gasteiger partial charge in [-0.15, -0.1) is 5.97 Å². The van der Waals surface area contributed by atoms with Crippen LogP contribution in [0.15, 0.2) is 5.57 Å². The standard InChI is InChI=1S/C9H12NO2.Rb.U.V.W/c1-10-6-2-4-7(9(11)12)8(10)5-3-6;;;;/h6,8H,2-3,5H2,1H3,(H,11,12);;;;/q-1;+1;;;/p-1. The van der Waals surface area contributed by atoms with Crippen molar-refractivity contribution < 1.29 is 139 Å². The zero-order valence-corrected chi connectivity index (χ0v) is 22.8. The summed E-state index contributed by atoms with van der Waals surface area (Å²) < 4.78 is 0. The maximum atomic E-state index is 10.7. The van der Waals surface area contributed by atoms with Crippen LogP contribution >= 0.6 is 0 Å². The zero-order chi connectivity index (χ0) is 8.72. The number of carbonyl (C=O) groups excluding carboxylic acids is 1. The van der Waals surface area contributed by atoms with Crippen LogP contribution in [0.5, 0.6) is 0 Å². The number of hydrogen-bond donors (Lipinski definition) is 0. The molecule has 2 heterocycles. The first-order valence-electron chi connectivity index (χ1n) is 4.24. The third kappa shape index (κ3) is 5.35. The van der Waals surface area contributed by atoms with Gasteiger partial charge in [0.15, 0.2) is 0 Å². The molecule has 2 atom stereocenters. The molecule has 0 aliphatic carbocycles. The van der Waals surface area contributed by atoms with Crippen LogP contribution < -0.4 is 63.3 Å². The SMILES string of the molecule is CN1C2C[C-]=C(C(=O)[O-])C1CC2.[Rb+].[U].[V].[W]. The van der Waals surface area contributed by atoms with Crippen molar-refractivity contribution in [3.8, 4) is 0 Å². The molecule has 7 heteroatoms. The van der Waals surface area contributed by atoms with E-state index in [1.54, 1.807) is 0 Å². The van der Waals surface area contributed by atoms with Gasteiger partial charge in [-0.1, -0.05) is 6.42 Å². The first-order valence-corrected chi connectivity index (χ1v) is 4.24. The summed E-state index contributed by atoms with van der Waals surface area (Å²) in [6.45, 7) is 0. The number of aliphatic carboxylic acids is 1. The number of carbonyl (C=O) groups is 1. The quantitative estimate of drug-likeness (QED) is 0.263. The van der Waals surface area contributed by atoms with Crippen molar-refractivity contribution >= 4 is 5.97 Å². The Kier molecular flexibility index (Phi) is 16.7. The Morgan fingerprint density at radius 1 is 1.50 bits per heavy atom. The molecule has 0 aromatic rings. The van der Waals surface area contributed by atoms with E-state index in [2.05, 4.69) is 11.0 Å². The van der Waals surface area contributed by atoms with Gasteiger partial charge >= 0.3 is 58.2 Å². The van der Waals surface area contributed by atoms with Crippen LogP contribution in [0.3, 0.4) is 0 Å². The molecule has 0 amide bonds. The molecule has 2 rings (SSSR count). The molecule has 1 radical (unpaired) electrons. The van der Waals surface area contributed by atoms with Crippen molar-refractivity contribution in [2.24, 2.45) is 0 Å².